The van der Waals surface area contributed by atoms with Crippen molar-refractivity contribution in [2.24, 2.45) is 0 Å². The van der Waals surface area contributed by atoms with Crippen LogP contribution in [0.2, 0.25) is 0 Å². The molecule has 3 aromatic rings. The number of hydrogen-bond donors (Lipinski definition) is 0. The predicted molar refractivity (Wildman–Crippen MR) is 95.5 cm³/mol. The van der Waals surface area contributed by atoms with Crippen LogP contribution in [0.3, 0.4) is 0 Å². The molecule has 0 radical (unpaired) electrons. The Labute approximate surface area is 155 Å². The normalized spacial score (nSPS) is 16.7. The summed E-state index contributed by atoms with van der Waals surface area (Å²) in [5.74, 6) is -1.07. The van der Waals surface area contributed by atoms with E-state index in [2.05, 4.69) is 10.1 Å². The van der Waals surface area contributed by atoms with Gasteiger partial charge in [0, 0.05) is 25.0 Å². The van der Waals surface area contributed by atoms with Gasteiger partial charge in [-0.1, -0.05) is 0 Å². The van der Waals surface area contributed by atoms with Crippen LogP contribution in [0.25, 0.3) is 5.69 Å². The van der Waals surface area contributed by atoms with E-state index in [0.717, 1.165) is 30.7 Å². The summed E-state index contributed by atoms with van der Waals surface area (Å²) in [4.78, 5) is 18.7. The molecule has 1 amide bonds. The second-order valence-electron chi connectivity index (χ2n) is 6.62. The van der Waals surface area contributed by atoms with E-state index in [1.165, 1.54) is 12.3 Å². The first-order valence-corrected chi connectivity index (χ1v) is 8.82. The second kappa shape index (κ2) is 7.26. The quantitative estimate of drug-likeness (QED) is 0.709. The van der Waals surface area contributed by atoms with Gasteiger partial charge in [0.1, 0.15) is 11.6 Å². The number of nitrogens with zero attached hydrogens (tertiary/aromatic N) is 4. The van der Waals surface area contributed by atoms with Crippen molar-refractivity contribution >= 4 is 5.91 Å². The maximum Gasteiger partial charge on any atom is 0.257 e. The maximum absolute atomic E-state index is 14.0. The van der Waals surface area contributed by atoms with Crippen LogP contribution in [-0.4, -0.2) is 38.2 Å². The Balaban J connectivity index is 1.53. The highest BCUT2D eigenvalue weighted by Crippen LogP contribution is 2.25. The lowest BCUT2D eigenvalue weighted by atomic mass is 10.0. The lowest BCUT2D eigenvalue weighted by Crippen LogP contribution is -2.36. The number of carbonyl (C=O) groups excluding carboxylic acids is 1. The van der Waals surface area contributed by atoms with Gasteiger partial charge in [-0.15, -0.1) is 0 Å². The molecule has 3 heterocycles. The van der Waals surface area contributed by atoms with E-state index >= 15 is 0 Å². The summed E-state index contributed by atoms with van der Waals surface area (Å²) in [5.41, 5.74) is 1.52. The monoisotopic (exact) mass is 368 g/mol. The fraction of sp³-hybridized carbons (Fsp3) is 0.250. The number of halogens is 2. The average molecular weight is 368 g/mol. The zero-order chi connectivity index (χ0) is 18.8. The number of benzene rings is 1. The Bertz CT molecular complexity index is 958. The third-order valence-corrected chi connectivity index (χ3v) is 4.84. The van der Waals surface area contributed by atoms with Gasteiger partial charge in [-0.3, -0.25) is 9.78 Å². The molecule has 0 bridgehead atoms. The van der Waals surface area contributed by atoms with Crippen molar-refractivity contribution in [3.63, 3.8) is 0 Å². The van der Waals surface area contributed by atoms with Crippen molar-refractivity contribution in [3.8, 4) is 5.69 Å². The zero-order valence-corrected chi connectivity index (χ0v) is 14.6. The molecule has 2 aromatic heterocycles. The second-order valence-corrected chi connectivity index (χ2v) is 6.62. The molecule has 1 unspecified atom stereocenters. The topological polar surface area (TPSA) is 51.0 Å². The molecule has 1 aromatic carbocycles. The summed E-state index contributed by atoms with van der Waals surface area (Å²) in [7, 11) is 0. The molecular weight excluding hydrogens is 350 g/mol. The lowest BCUT2D eigenvalue weighted by Gasteiger charge is -2.24. The lowest BCUT2D eigenvalue weighted by molar-refractivity contribution is 0.0736. The van der Waals surface area contributed by atoms with Crippen LogP contribution >= 0.6 is 0 Å². The molecule has 1 aliphatic heterocycles. The van der Waals surface area contributed by atoms with Crippen LogP contribution in [0.4, 0.5) is 8.78 Å². The summed E-state index contributed by atoms with van der Waals surface area (Å²) in [6.45, 7) is 0.596. The fourth-order valence-corrected chi connectivity index (χ4v) is 3.50. The third-order valence-electron chi connectivity index (χ3n) is 4.84. The number of hydrogen-bond acceptors (Lipinski definition) is 3. The van der Waals surface area contributed by atoms with Gasteiger partial charge in [0.2, 0.25) is 0 Å². The minimum Gasteiger partial charge on any atom is -0.335 e. The Morgan fingerprint density at radius 3 is 2.93 bits per heavy atom. The Morgan fingerprint density at radius 1 is 1.22 bits per heavy atom. The van der Waals surface area contributed by atoms with Gasteiger partial charge < -0.3 is 4.90 Å². The first-order valence-electron chi connectivity index (χ1n) is 8.82. The van der Waals surface area contributed by atoms with Gasteiger partial charge in [-0.05, 0) is 55.2 Å². The van der Waals surface area contributed by atoms with Crippen LogP contribution in [-0.2, 0) is 6.42 Å². The van der Waals surface area contributed by atoms with Crippen molar-refractivity contribution in [1.82, 2.24) is 19.7 Å². The summed E-state index contributed by atoms with van der Waals surface area (Å²) in [6.07, 6.45) is 8.41. The summed E-state index contributed by atoms with van der Waals surface area (Å²) >= 11 is 0. The molecule has 1 aliphatic rings. The molecule has 138 valence electrons. The van der Waals surface area contributed by atoms with Gasteiger partial charge in [-0.2, -0.15) is 5.10 Å². The molecule has 1 saturated heterocycles. The molecule has 0 spiro atoms. The molecule has 0 aliphatic carbocycles. The molecule has 1 atom stereocenters. The van der Waals surface area contributed by atoms with Gasteiger partial charge in [0.15, 0.2) is 0 Å². The highest BCUT2D eigenvalue weighted by Gasteiger charge is 2.30. The van der Waals surface area contributed by atoms with Gasteiger partial charge in [0.05, 0.1) is 23.6 Å². The average Bonchev–Trinajstić information content (AvgIpc) is 3.35. The number of carbonyl (C=O) groups is 1. The molecule has 0 N–H and O–H groups in total. The Morgan fingerprint density at radius 2 is 2.11 bits per heavy atom. The number of likely N-dealkylation sites (tertiary alicyclic amines) is 1. The predicted octanol–water partition coefficient (Wildman–Crippen LogP) is 3.39. The van der Waals surface area contributed by atoms with E-state index in [1.54, 1.807) is 34.2 Å². The number of aromatic nitrogens is 3. The van der Waals surface area contributed by atoms with Crippen LogP contribution in [0.1, 0.15) is 28.8 Å². The maximum atomic E-state index is 14.0. The standard InChI is InChI=1S/C20H18F2N4O/c21-16-5-6-19(22)14(9-16)10-17-4-2-8-25(17)20(27)15-11-24-26(13-15)18-3-1-7-23-12-18/h1,3,5-7,9,11-13,17H,2,4,8,10H2. The first-order chi connectivity index (χ1) is 13.1. The van der Waals surface area contributed by atoms with Crippen molar-refractivity contribution in [1.29, 1.82) is 0 Å². The molecule has 4 rings (SSSR count). The largest absolute Gasteiger partial charge is 0.335 e. The number of amides is 1. The highest BCUT2D eigenvalue weighted by atomic mass is 19.1. The zero-order valence-electron chi connectivity index (χ0n) is 14.6. The van der Waals surface area contributed by atoms with Crippen LogP contribution in [0, 0.1) is 11.6 Å². The number of rotatable bonds is 4. The Hall–Kier alpha value is -3.09. The molecule has 5 nitrogen and oxygen atoms in total. The van der Waals surface area contributed by atoms with Crippen molar-refractivity contribution in [2.75, 3.05) is 6.54 Å². The van der Waals surface area contributed by atoms with E-state index in [9.17, 15) is 13.6 Å². The van der Waals surface area contributed by atoms with E-state index in [4.69, 9.17) is 0 Å². The molecular formula is C20H18F2N4O. The van der Waals surface area contributed by atoms with E-state index < -0.39 is 11.6 Å². The van der Waals surface area contributed by atoms with Gasteiger partial charge >= 0.3 is 0 Å². The minimum atomic E-state index is -0.472. The first kappa shape index (κ1) is 17.3. The summed E-state index contributed by atoms with van der Waals surface area (Å²) in [5, 5.41) is 4.23. The van der Waals surface area contributed by atoms with Gasteiger partial charge in [-0.25, -0.2) is 13.5 Å². The molecule has 7 heteroatoms. The van der Waals surface area contributed by atoms with Crippen LogP contribution in [0.5, 0.6) is 0 Å². The van der Waals surface area contributed by atoms with Gasteiger partial charge in [0.25, 0.3) is 5.91 Å². The molecule has 0 saturated carbocycles. The van der Waals surface area contributed by atoms with E-state index in [0.29, 0.717) is 24.1 Å². The SMILES string of the molecule is O=C(c1cnn(-c2cccnc2)c1)N1CCCC1Cc1cc(F)ccc1F. The summed E-state index contributed by atoms with van der Waals surface area (Å²) < 4.78 is 29.0. The van der Waals surface area contributed by atoms with Crippen molar-refractivity contribution in [2.45, 2.75) is 25.3 Å². The van der Waals surface area contributed by atoms with Crippen molar-refractivity contribution in [3.05, 3.63) is 77.9 Å². The third kappa shape index (κ3) is 3.58. The smallest absolute Gasteiger partial charge is 0.257 e. The number of pyridine rings is 1. The molecule has 27 heavy (non-hydrogen) atoms. The van der Waals surface area contributed by atoms with Crippen molar-refractivity contribution < 1.29 is 13.6 Å². The fourth-order valence-electron chi connectivity index (χ4n) is 3.50. The Kier molecular flexibility index (Phi) is 4.66. The van der Waals surface area contributed by atoms with Crippen LogP contribution < -0.4 is 0 Å². The summed E-state index contributed by atoms with van der Waals surface area (Å²) in [6, 6.07) is 6.92. The van der Waals surface area contributed by atoms with E-state index in [1.807, 2.05) is 6.07 Å². The minimum absolute atomic E-state index is 0.149. The molecule has 1 fully saturated rings. The van der Waals surface area contributed by atoms with E-state index in [-0.39, 0.29) is 11.9 Å². The van der Waals surface area contributed by atoms with Crippen LogP contribution in [0.15, 0.2) is 55.1 Å². The highest BCUT2D eigenvalue weighted by molar-refractivity contribution is 5.94.